The molecule has 27 heavy (non-hydrogen) atoms. The Bertz CT molecular complexity index is 998. The zero-order valence-electron chi connectivity index (χ0n) is 15.4. The number of ether oxygens (including phenoxy) is 1. The molecule has 0 saturated carbocycles. The number of fused-ring (bicyclic) bond motifs is 4. The predicted octanol–water partition coefficient (Wildman–Crippen LogP) is 4.31. The second-order valence-electron chi connectivity index (χ2n) is 7.42. The van der Waals surface area contributed by atoms with Crippen LogP contribution in [0.1, 0.15) is 34.6 Å². The van der Waals surface area contributed by atoms with Crippen molar-refractivity contribution in [2.45, 2.75) is 25.4 Å². The van der Waals surface area contributed by atoms with Crippen molar-refractivity contribution in [1.82, 2.24) is 9.47 Å². The summed E-state index contributed by atoms with van der Waals surface area (Å²) in [5.41, 5.74) is 3.90. The van der Waals surface area contributed by atoms with Crippen LogP contribution in [-0.2, 0) is 5.60 Å². The lowest BCUT2D eigenvalue weighted by molar-refractivity contribution is -0.00946. The number of aryl methyl sites for hydroxylation is 1. The third kappa shape index (κ3) is 2.47. The Morgan fingerprint density at radius 2 is 1.63 bits per heavy atom. The third-order valence-corrected chi connectivity index (χ3v) is 5.83. The maximum atomic E-state index is 12.8. The molecule has 2 aromatic carbocycles. The van der Waals surface area contributed by atoms with Gasteiger partial charge in [0.1, 0.15) is 5.75 Å². The van der Waals surface area contributed by atoms with E-state index in [1.165, 1.54) is 11.4 Å². The maximum Gasteiger partial charge on any atom is 0.253 e. The molecule has 2 aliphatic rings. The fourth-order valence-electron chi connectivity index (χ4n) is 4.40. The van der Waals surface area contributed by atoms with Gasteiger partial charge in [-0.25, -0.2) is 0 Å². The molecule has 0 atom stereocenters. The summed E-state index contributed by atoms with van der Waals surface area (Å²) in [6, 6.07) is 22.1. The van der Waals surface area contributed by atoms with Crippen LogP contribution in [-0.4, -0.2) is 28.5 Å². The topological polar surface area (TPSA) is 34.5 Å². The zero-order chi connectivity index (χ0) is 18.4. The van der Waals surface area contributed by atoms with Crippen molar-refractivity contribution in [3.63, 3.8) is 0 Å². The van der Waals surface area contributed by atoms with Gasteiger partial charge in [-0.2, -0.15) is 0 Å². The van der Waals surface area contributed by atoms with E-state index in [9.17, 15) is 4.79 Å². The first-order valence-electron chi connectivity index (χ1n) is 9.50. The van der Waals surface area contributed by atoms with Crippen molar-refractivity contribution in [2.75, 3.05) is 13.1 Å². The summed E-state index contributed by atoms with van der Waals surface area (Å²) >= 11 is 0. The Kier molecular flexibility index (Phi) is 3.61. The average molecular weight is 358 g/mol. The standard InChI is InChI=1S/C23H22N2O2/c1-17-11-12-21-23(27-20-10-6-5-9-19(20)25(17)21)13-15-24(16-14-23)22(26)18-7-3-2-4-8-18/h2-12H,13-16H2,1H3. The van der Waals surface area contributed by atoms with E-state index in [-0.39, 0.29) is 11.5 Å². The van der Waals surface area contributed by atoms with Crippen LogP contribution in [0.2, 0.25) is 0 Å². The number of para-hydroxylation sites is 2. The number of rotatable bonds is 1. The van der Waals surface area contributed by atoms with Crippen molar-refractivity contribution in [3.05, 3.63) is 83.7 Å². The monoisotopic (exact) mass is 358 g/mol. The number of carbonyl (C=O) groups excluding carboxylic acids is 1. The van der Waals surface area contributed by atoms with E-state index < -0.39 is 0 Å². The van der Waals surface area contributed by atoms with Crippen LogP contribution in [0.25, 0.3) is 5.69 Å². The van der Waals surface area contributed by atoms with Gasteiger partial charge < -0.3 is 14.2 Å². The van der Waals surface area contributed by atoms with Crippen LogP contribution >= 0.6 is 0 Å². The number of nitrogens with zero attached hydrogens (tertiary/aromatic N) is 2. The second kappa shape index (κ2) is 6.02. The summed E-state index contributed by atoms with van der Waals surface area (Å²) in [5.74, 6) is 1.03. The number of piperidine rings is 1. The van der Waals surface area contributed by atoms with E-state index >= 15 is 0 Å². The van der Waals surface area contributed by atoms with E-state index in [4.69, 9.17) is 4.74 Å². The number of hydrogen-bond donors (Lipinski definition) is 0. The predicted molar refractivity (Wildman–Crippen MR) is 104 cm³/mol. The van der Waals surface area contributed by atoms with Gasteiger partial charge in [0.05, 0.1) is 11.4 Å². The van der Waals surface area contributed by atoms with Gasteiger partial charge in [-0.3, -0.25) is 4.79 Å². The molecule has 1 aromatic heterocycles. The molecule has 1 amide bonds. The van der Waals surface area contributed by atoms with Crippen LogP contribution in [0.5, 0.6) is 5.75 Å². The Balaban J connectivity index is 1.45. The molecule has 4 nitrogen and oxygen atoms in total. The fraction of sp³-hybridized carbons (Fsp3) is 0.261. The number of hydrogen-bond acceptors (Lipinski definition) is 2. The molecule has 0 radical (unpaired) electrons. The van der Waals surface area contributed by atoms with Crippen molar-refractivity contribution >= 4 is 5.91 Å². The lowest BCUT2D eigenvalue weighted by atomic mass is 9.86. The molecular formula is C23H22N2O2. The lowest BCUT2D eigenvalue weighted by Gasteiger charge is -2.45. The van der Waals surface area contributed by atoms with E-state index in [2.05, 4.69) is 29.7 Å². The Hall–Kier alpha value is -3.01. The minimum atomic E-state index is -0.365. The fourth-order valence-corrected chi connectivity index (χ4v) is 4.40. The summed E-state index contributed by atoms with van der Waals surface area (Å²) in [5, 5.41) is 0. The summed E-state index contributed by atoms with van der Waals surface area (Å²) in [7, 11) is 0. The highest BCUT2D eigenvalue weighted by Crippen LogP contribution is 2.45. The highest BCUT2D eigenvalue weighted by molar-refractivity contribution is 5.94. The van der Waals surface area contributed by atoms with Gasteiger partial charge in [-0.05, 0) is 43.3 Å². The molecule has 0 N–H and O–H groups in total. The van der Waals surface area contributed by atoms with Crippen LogP contribution in [0, 0.1) is 6.92 Å². The third-order valence-electron chi connectivity index (χ3n) is 5.83. The molecule has 0 bridgehead atoms. The van der Waals surface area contributed by atoms with Gasteiger partial charge in [-0.1, -0.05) is 30.3 Å². The zero-order valence-corrected chi connectivity index (χ0v) is 15.4. The number of carbonyl (C=O) groups is 1. The number of amides is 1. The minimum Gasteiger partial charge on any atom is -0.479 e. The summed E-state index contributed by atoms with van der Waals surface area (Å²) < 4.78 is 8.89. The van der Waals surface area contributed by atoms with Crippen molar-refractivity contribution < 1.29 is 9.53 Å². The molecule has 0 aliphatic carbocycles. The highest BCUT2D eigenvalue weighted by Gasteiger charge is 2.45. The molecule has 136 valence electrons. The smallest absolute Gasteiger partial charge is 0.253 e. The van der Waals surface area contributed by atoms with E-state index in [1.807, 2.05) is 53.4 Å². The van der Waals surface area contributed by atoms with Crippen molar-refractivity contribution in [1.29, 1.82) is 0 Å². The first-order valence-corrected chi connectivity index (χ1v) is 9.50. The van der Waals surface area contributed by atoms with Crippen LogP contribution in [0.15, 0.2) is 66.7 Å². The molecule has 3 aromatic rings. The Morgan fingerprint density at radius 1 is 0.926 bits per heavy atom. The Labute approximate surface area is 159 Å². The SMILES string of the molecule is Cc1ccc2n1-c1ccccc1OC21CCN(C(=O)c2ccccc2)CC1. The summed E-state index contributed by atoms with van der Waals surface area (Å²) in [6.07, 6.45) is 1.59. The number of aromatic nitrogens is 1. The van der Waals surface area contributed by atoms with E-state index in [0.29, 0.717) is 13.1 Å². The second-order valence-corrected chi connectivity index (χ2v) is 7.42. The first kappa shape index (κ1) is 16.2. The molecule has 3 heterocycles. The molecule has 4 heteroatoms. The van der Waals surface area contributed by atoms with Crippen molar-refractivity contribution in [3.8, 4) is 11.4 Å². The van der Waals surface area contributed by atoms with E-state index in [0.717, 1.165) is 29.8 Å². The molecule has 0 unspecified atom stereocenters. The maximum absolute atomic E-state index is 12.8. The quantitative estimate of drug-likeness (QED) is 0.650. The van der Waals surface area contributed by atoms with Gasteiger partial charge in [0, 0.05) is 37.2 Å². The van der Waals surface area contributed by atoms with Crippen molar-refractivity contribution in [2.24, 2.45) is 0 Å². The van der Waals surface area contributed by atoms with Crippen LogP contribution < -0.4 is 4.74 Å². The Morgan fingerprint density at radius 3 is 2.41 bits per heavy atom. The molecule has 2 aliphatic heterocycles. The van der Waals surface area contributed by atoms with Gasteiger partial charge >= 0.3 is 0 Å². The summed E-state index contributed by atoms with van der Waals surface area (Å²) in [4.78, 5) is 14.7. The van der Waals surface area contributed by atoms with Gasteiger partial charge in [0.2, 0.25) is 0 Å². The molecule has 1 saturated heterocycles. The number of likely N-dealkylation sites (tertiary alicyclic amines) is 1. The molecular weight excluding hydrogens is 336 g/mol. The first-order chi connectivity index (χ1) is 13.2. The largest absolute Gasteiger partial charge is 0.479 e. The number of benzene rings is 2. The molecule has 1 spiro atoms. The summed E-state index contributed by atoms with van der Waals surface area (Å²) in [6.45, 7) is 3.52. The molecule has 5 rings (SSSR count). The lowest BCUT2D eigenvalue weighted by Crippen LogP contribution is -2.50. The van der Waals surface area contributed by atoms with Crippen LogP contribution in [0.4, 0.5) is 0 Å². The normalized spacial score (nSPS) is 17.1. The van der Waals surface area contributed by atoms with Gasteiger partial charge in [-0.15, -0.1) is 0 Å². The molecule has 1 fully saturated rings. The average Bonchev–Trinajstić information content (AvgIpc) is 3.12. The van der Waals surface area contributed by atoms with Gasteiger partial charge in [0.25, 0.3) is 5.91 Å². The highest BCUT2D eigenvalue weighted by atomic mass is 16.5. The van der Waals surface area contributed by atoms with E-state index in [1.54, 1.807) is 0 Å². The minimum absolute atomic E-state index is 0.105. The van der Waals surface area contributed by atoms with Gasteiger partial charge in [0.15, 0.2) is 5.60 Å². The van der Waals surface area contributed by atoms with Crippen LogP contribution in [0.3, 0.4) is 0 Å².